The molecule has 0 heterocycles. The van der Waals surface area contributed by atoms with Crippen molar-refractivity contribution in [3.63, 3.8) is 0 Å². The fourth-order valence-corrected chi connectivity index (χ4v) is 2.23. The largest absolute Gasteiger partial charge is 0.396 e. The van der Waals surface area contributed by atoms with Gasteiger partial charge in [-0.3, -0.25) is 4.79 Å². The smallest absolute Gasteiger partial charge is 0.261 e. The van der Waals surface area contributed by atoms with Crippen LogP contribution >= 0.6 is 0 Å². The monoisotopic (exact) mass is 265 g/mol. The Morgan fingerprint density at radius 2 is 2.11 bits per heavy atom. The first-order valence-corrected chi connectivity index (χ1v) is 6.39. The number of hydrogen-bond acceptors (Lipinski definition) is 3. The van der Waals surface area contributed by atoms with Gasteiger partial charge in [-0.2, -0.15) is 0 Å². The minimum atomic E-state index is -2.50. The molecule has 1 rings (SSSR count). The predicted molar refractivity (Wildman–Crippen MR) is 62.4 cm³/mol. The van der Waals surface area contributed by atoms with Crippen LogP contribution in [-0.4, -0.2) is 43.3 Å². The van der Waals surface area contributed by atoms with Gasteiger partial charge in [0.1, 0.15) is 6.61 Å². The van der Waals surface area contributed by atoms with Crippen molar-refractivity contribution in [2.45, 2.75) is 44.6 Å². The third-order valence-corrected chi connectivity index (χ3v) is 3.21. The molecule has 0 aromatic rings. The fraction of sp³-hybridized carbons (Fsp3) is 0.917. The van der Waals surface area contributed by atoms with Crippen LogP contribution in [0, 0.1) is 5.92 Å². The summed E-state index contributed by atoms with van der Waals surface area (Å²) in [5.41, 5.74) is 0. The zero-order valence-corrected chi connectivity index (χ0v) is 10.4. The van der Waals surface area contributed by atoms with Gasteiger partial charge in [-0.25, -0.2) is 8.78 Å². The Morgan fingerprint density at radius 3 is 2.78 bits per heavy atom. The molecule has 0 bridgehead atoms. The van der Waals surface area contributed by atoms with Crippen LogP contribution in [0.3, 0.4) is 0 Å². The summed E-state index contributed by atoms with van der Waals surface area (Å²) >= 11 is 0. The molecule has 0 spiro atoms. The van der Waals surface area contributed by atoms with Gasteiger partial charge in [-0.1, -0.05) is 12.8 Å². The van der Waals surface area contributed by atoms with E-state index in [1.807, 2.05) is 0 Å². The van der Waals surface area contributed by atoms with Gasteiger partial charge in [-0.05, 0) is 12.8 Å². The van der Waals surface area contributed by atoms with E-state index < -0.39 is 13.0 Å². The maximum atomic E-state index is 11.8. The Kier molecular flexibility index (Phi) is 7.12. The van der Waals surface area contributed by atoms with E-state index in [0.717, 1.165) is 25.7 Å². The molecule has 18 heavy (non-hydrogen) atoms. The molecule has 0 aromatic heterocycles. The summed E-state index contributed by atoms with van der Waals surface area (Å²) in [6, 6.07) is 0.00588. The van der Waals surface area contributed by atoms with Gasteiger partial charge >= 0.3 is 0 Å². The Balaban J connectivity index is 2.18. The maximum Gasteiger partial charge on any atom is 0.261 e. The molecule has 2 unspecified atom stereocenters. The molecule has 0 aromatic carbocycles. The molecular weight excluding hydrogens is 244 g/mol. The van der Waals surface area contributed by atoms with Gasteiger partial charge in [-0.15, -0.1) is 0 Å². The van der Waals surface area contributed by atoms with E-state index in [-0.39, 0.29) is 37.5 Å². The highest BCUT2D eigenvalue weighted by Crippen LogP contribution is 2.23. The highest BCUT2D eigenvalue weighted by molar-refractivity contribution is 5.76. The number of aliphatic hydroxyl groups is 1. The number of alkyl halides is 2. The van der Waals surface area contributed by atoms with Crippen LogP contribution in [-0.2, 0) is 9.53 Å². The van der Waals surface area contributed by atoms with E-state index in [9.17, 15) is 18.7 Å². The molecule has 1 amide bonds. The molecular formula is C12H21F2NO3. The number of ether oxygens (including phenoxy) is 1. The van der Waals surface area contributed by atoms with Crippen LogP contribution in [0.25, 0.3) is 0 Å². The third-order valence-electron chi connectivity index (χ3n) is 3.21. The van der Waals surface area contributed by atoms with Gasteiger partial charge in [0.2, 0.25) is 5.91 Å². The highest BCUT2D eigenvalue weighted by Gasteiger charge is 2.25. The number of hydrogen-bond donors (Lipinski definition) is 2. The Hall–Kier alpha value is -0.750. The molecule has 2 atom stereocenters. The Bertz CT molecular complexity index is 251. The molecule has 0 radical (unpaired) electrons. The lowest BCUT2D eigenvalue weighted by Gasteiger charge is -2.30. The molecule has 4 nitrogen and oxygen atoms in total. The number of amides is 1. The third kappa shape index (κ3) is 5.73. The zero-order chi connectivity index (χ0) is 13.4. The van der Waals surface area contributed by atoms with Crippen molar-refractivity contribution in [2.24, 2.45) is 5.92 Å². The first-order chi connectivity index (χ1) is 8.63. The number of halogens is 2. The van der Waals surface area contributed by atoms with Crippen LogP contribution < -0.4 is 5.32 Å². The van der Waals surface area contributed by atoms with E-state index in [2.05, 4.69) is 10.1 Å². The number of rotatable bonds is 7. The molecule has 106 valence electrons. The molecule has 6 heteroatoms. The summed E-state index contributed by atoms with van der Waals surface area (Å²) in [5.74, 6) is -0.0840. The molecule has 1 aliphatic rings. The minimum absolute atomic E-state index is 0.00588. The minimum Gasteiger partial charge on any atom is -0.396 e. The molecule has 0 aliphatic heterocycles. The van der Waals surface area contributed by atoms with E-state index in [4.69, 9.17) is 0 Å². The van der Waals surface area contributed by atoms with Gasteiger partial charge < -0.3 is 15.2 Å². The zero-order valence-electron chi connectivity index (χ0n) is 10.4. The number of carbonyl (C=O) groups excluding carboxylic acids is 1. The second-order valence-corrected chi connectivity index (χ2v) is 4.62. The van der Waals surface area contributed by atoms with Gasteiger partial charge in [0, 0.05) is 25.0 Å². The van der Waals surface area contributed by atoms with Crippen LogP contribution in [0.5, 0.6) is 0 Å². The molecule has 1 aliphatic carbocycles. The molecule has 1 saturated carbocycles. The lowest BCUT2D eigenvalue weighted by molar-refractivity contribution is -0.124. The molecule has 2 N–H and O–H groups in total. The Labute approximate surface area is 106 Å². The van der Waals surface area contributed by atoms with Crippen molar-refractivity contribution in [3.8, 4) is 0 Å². The number of nitrogens with one attached hydrogen (secondary N) is 1. The first kappa shape index (κ1) is 15.3. The van der Waals surface area contributed by atoms with E-state index in [0.29, 0.717) is 0 Å². The number of carbonyl (C=O) groups is 1. The van der Waals surface area contributed by atoms with E-state index in [1.165, 1.54) is 0 Å². The second-order valence-electron chi connectivity index (χ2n) is 4.62. The van der Waals surface area contributed by atoms with Crippen molar-refractivity contribution in [3.05, 3.63) is 0 Å². The van der Waals surface area contributed by atoms with Gasteiger partial charge in [0.25, 0.3) is 6.43 Å². The topological polar surface area (TPSA) is 58.6 Å². The Morgan fingerprint density at radius 1 is 1.39 bits per heavy atom. The summed E-state index contributed by atoms with van der Waals surface area (Å²) in [4.78, 5) is 11.6. The molecule has 1 fully saturated rings. The van der Waals surface area contributed by atoms with E-state index in [1.54, 1.807) is 0 Å². The average Bonchev–Trinajstić information content (AvgIpc) is 2.35. The quantitative estimate of drug-likeness (QED) is 0.683. The summed E-state index contributed by atoms with van der Waals surface area (Å²) in [7, 11) is 0. The van der Waals surface area contributed by atoms with Gasteiger partial charge in [0.15, 0.2) is 0 Å². The summed E-state index contributed by atoms with van der Waals surface area (Å²) < 4.78 is 28.2. The van der Waals surface area contributed by atoms with Crippen molar-refractivity contribution in [1.82, 2.24) is 5.32 Å². The van der Waals surface area contributed by atoms with Gasteiger partial charge in [0.05, 0.1) is 6.61 Å². The van der Waals surface area contributed by atoms with Crippen LogP contribution in [0.1, 0.15) is 32.1 Å². The lowest BCUT2D eigenvalue weighted by Crippen LogP contribution is -2.43. The fourth-order valence-electron chi connectivity index (χ4n) is 2.23. The second kappa shape index (κ2) is 8.37. The van der Waals surface area contributed by atoms with Crippen molar-refractivity contribution in [1.29, 1.82) is 0 Å². The summed E-state index contributed by atoms with van der Waals surface area (Å²) in [5, 5.41) is 12.0. The number of aliphatic hydroxyl groups excluding tert-OH is 1. The van der Waals surface area contributed by atoms with Crippen molar-refractivity contribution >= 4 is 5.91 Å². The summed E-state index contributed by atoms with van der Waals surface area (Å²) in [6.45, 7) is -0.546. The highest BCUT2D eigenvalue weighted by atomic mass is 19.3. The standard InChI is InChI=1S/C12H21F2NO3/c13-11(14)8-18-6-5-12(17)15-10-4-2-1-3-9(10)7-16/h9-11,16H,1-8H2,(H,15,17). The summed E-state index contributed by atoms with van der Waals surface area (Å²) in [6.07, 6.45) is 1.50. The first-order valence-electron chi connectivity index (χ1n) is 6.39. The SMILES string of the molecule is O=C(CCOCC(F)F)NC1CCCCC1CO. The van der Waals surface area contributed by atoms with E-state index >= 15 is 0 Å². The van der Waals surface area contributed by atoms with Crippen LogP contribution in [0.15, 0.2) is 0 Å². The van der Waals surface area contributed by atoms with Crippen LogP contribution in [0.2, 0.25) is 0 Å². The molecule has 0 saturated heterocycles. The maximum absolute atomic E-state index is 11.8. The average molecular weight is 265 g/mol. The lowest BCUT2D eigenvalue weighted by atomic mass is 9.85. The van der Waals surface area contributed by atoms with Crippen molar-refractivity contribution < 1.29 is 23.4 Å². The van der Waals surface area contributed by atoms with Crippen molar-refractivity contribution in [2.75, 3.05) is 19.8 Å². The normalized spacial score (nSPS) is 24.2. The van der Waals surface area contributed by atoms with Crippen LogP contribution in [0.4, 0.5) is 8.78 Å². The predicted octanol–water partition coefficient (Wildman–Crippen LogP) is 1.33.